The number of carbonyl (C=O) groups is 2. The van der Waals surface area contributed by atoms with Gasteiger partial charge in [-0.2, -0.15) is 0 Å². The van der Waals surface area contributed by atoms with Crippen molar-refractivity contribution in [2.75, 3.05) is 39.5 Å². The number of alkyl carbamates (subject to hydrolysis) is 1. The normalized spacial score (nSPS) is 18.3. The van der Waals surface area contributed by atoms with Crippen LogP contribution in [0.15, 0.2) is 42.5 Å². The Morgan fingerprint density at radius 1 is 1.10 bits per heavy atom. The van der Waals surface area contributed by atoms with Gasteiger partial charge in [-0.1, -0.05) is 30.3 Å². The summed E-state index contributed by atoms with van der Waals surface area (Å²) in [6.07, 6.45) is 1.06. The van der Waals surface area contributed by atoms with Crippen LogP contribution in [-0.2, 0) is 24.3 Å². The molecule has 42 heavy (non-hydrogen) atoms. The smallest absolute Gasteiger partial charge is 0.407 e. The third-order valence-electron chi connectivity index (χ3n) is 7.94. The van der Waals surface area contributed by atoms with E-state index in [1.54, 1.807) is 0 Å². The van der Waals surface area contributed by atoms with Gasteiger partial charge in [-0.25, -0.2) is 17.5 Å². The number of rotatable bonds is 9. The van der Waals surface area contributed by atoms with Gasteiger partial charge in [0.25, 0.3) is 0 Å². The van der Waals surface area contributed by atoms with Crippen LogP contribution >= 0.6 is 0 Å². The first-order chi connectivity index (χ1) is 19.8. The highest BCUT2D eigenvalue weighted by Gasteiger charge is 2.53. The molecular formula is C31H43N3O7S. The van der Waals surface area contributed by atoms with Crippen LogP contribution in [0.2, 0.25) is 0 Å². The van der Waals surface area contributed by atoms with Crippen LogP contribution < -0.4 is 15.8 Å². The summed E-state index contributed by atoms with van der Waals surface area (Å²) in [5.74, 6) is 0.135. The molecule has 230 valence electrons. The Morgan fingerprint density at radius 3 is 2.40 bits per heavy atom. The van der Waals surface area contributed by atoms with Gasteiger partial charge >= 0.3 is 6.09 Å². The van der Waals surface area contributed by atoms with Crippen molar-refractivity contribution in [1.82, 2.24) is 9.62 Å². The van der Waals surface area contributed by atoms with Crippen LogP contribution in [0.5, 0.6) is 5.75 Å². The molecule has 2 fully saturated rings. The Labute approximate surface area is 248 Å². The minimum atomic E-state index is -3.89. The van der Waals surface area contributed by atoms with Gasteiger partial charge in [0.2, 0.25) is 15.9 Å². The number of nitrogens with one attached hydrogen (secondary N) is 1. The van der Waals surface area contributed by atoms with Crippen LogP contribution in [0.25, 0.3) is 11.1 Å². The SMILES string of the molecule is Cc1cc(C2CCN(S(=O)(=O)C3(C(N)=O)CCOCC3)CC2)ccc1-c1cccc(OCCNC(=O)OC(C)(C)C)c1. The standard InChI is InChI=1S/C31H43N3O7S/c1-22-20-24(23-10-15-34(16-11-23)42(37,38)31(28(32)35)12-17-39-18-13-31)8-9-27(22)25-6-5-7-26(21-25)40-19-14-33-29(36)41-30(2,3)4/h5-9,20-21,23H,10-19H2,1-4H3,(H2,32,35)(H,33,36). The summed E-state index contributed by atoms with van der Waals surface area (Å²) in [5, 5.41) is 2.69. The molecule has 2 amide bonds. The lowest BCUT2D eigenvalue weighted by Crippen LogP contribution is -2.59. The molecule has 0 atom stereocenters. The van der Waals surface area contributed by atoms with Crippen molar-refractivity contribution in [3.8, 4) is 16.9 Å². The number of hydrogen-bond donors (Lipinski definition) is 2. The first kappa shape index (κ1) is 31.8. The van der Waals surface area contributed by atoms with Gasteiger partial charge in [0.1, 0.15) is 18.0 Å². The number of nitrogens with zero attached hydrogens (tertiary/aromatic N) is 1. The van der Waals surface area contributed by atoms with Crippen LogP contribution in [0.4, 0.5) is 4.79 Å². The third-order valence-corrected chi connectivity index (χ3v) is 10.6. The molecule has 10 nitrogen and oxygen atoms in total. The van der Waals surface area contributed by atoms with Crippen LogP contribution in [0.3, 0.4) is 0 Å². The van der Waals surface area contributed by atoms with E-state index in [2.05, 4.69) is 30.4 Å². The maximum atomic E-state index is 13.5. The van der Waals surface area contributed by atoms with Gasteiger partial charge in [-0.3, -0.25) is 4.79 Å². The summed E-state index contributed by atoms with van der Waals surface area (Å²) in [6.45, 7) is 9.28. The number of nitrogens with two attached hydrogens (primary N) is 1. The van der Waals surface area contributed by atoms with E-state index in [1.807, 2.05) is 45.0 Å². The largest absolute Gasteiger partial charge is 0.492 e. The predicted molar refractivity (Wildman–Crippen MR) is 161 cm³/mol. The van der Waals surface area contributed by atoms with Crippen molar-refractivity contribution in [3.63, 3.8) is 0 Å². The summed E-state index contributed by atoms with van der Waals surface area (Å²) < 4.78 is 43.3. The summed E-state index contributed by atoms with van der Waals surface area (Å²) in [5.41, 5.74) is 9.47. The minimum absolute atomic E-state index is 0.0977. The monoisotopic (exact) mass is 601 g/mol. The number of primary amides is 1. The first-order valence-corrected chi connectivity index (χ1v) is 15.9. The zero-order chi connectivity index (χ0) is 30.5. The fourth-order valence-corrected chi connectivity index (χ4v) is 7.79. The maximum Gasteiger partial charge on any atom is 0.407 e. The number of benzene rings is 2. The highest BCUT2D eigenvalue weighted by molar-refractivity contribution is 7.91. The fraction of sp³-hybridized carbons (Fsp3) is 0.548. The number of carbonyl (C=O) groups excluding carboxylic acids is 2. The van der Waals surface area contributed by atoms with Gasteiger partial charge in [0.15, 0.2) is 4.75 Å². The molecule has 0 spiro atoms. The second-order valence-electron chi connectivity index (χ2n) is 12.0. The molecule has 2 aromatic rings. The summed E-state index contributed by atoms with van der Waals surface area (Å²) in [4.78, 5) is 24.1. The Hall–Kier alpha value is -3.15. The van der Waals surface area contributed by atoms with Crippen molar-refractivity contribution in [3.05, 3.63) is 53.6 Å². The van der Waals surface area contributed by atoms with Crippen molar-refractivity contribution < 1.29 is 32.2 Å². The molecule has 4 rings (SSSR count). The van der Waals surface area contributed by atoms with Gasteiger partial charge in [-0.05, 0) is 80.8 Å². The molecule has 0 aliphatic carbocycles. The zero-order valence-electron chi connectivity index (χ0n) is 25.0. The number of aryl methyl sites for hydroxylation is 1. The number of hydrogen-bond acceptors (Lipinski definition) is 7. The van der Waals surface area contributed by atoms with Crippen LogP contribution in [0.1, 0.15) is 63.5 Å². The highest BCUT2D eigenvalue weighted by atomic mass is 32.2. The molecule has 0 saturated carbocycles. The van der Waals surface area contributed by atoms with Crippen LogP contribution in [-0.4, -0.2) is 74.5 Å². The van der Waals surface area contributed by atoms with Crippen molar-refractivity contribution >= 4 is 22.0 Å². The topological polar surface area (TPSA) is 137 Å². The van der Waals surface area contributed by atoms with Gasteiger partial charge in [0.05, 0.1) is 6.54 Å². The molecule has 2 saturated heterocycles. The van der Waals surface area contributed by atoms with Crippen molar-refractivity contribution in [1.29, 1.82) is 0 Å². The zero-order valence-corrected chi connectivity index (χ0v) is 25.8. The molecular weight excluding hydrogens is 558 g/mol. The van der Waals surface area contributed by atoms with E-state index >= 15 is 0 Å². The van der Waals surface area contributed by atoms with Gasteiger partial charge in [0, 0.05) is 39.1 Å². The molecule has 2 aromatic carbocycles. The molecule has 3 N–H and O–H groups in total. The molecule has 11 heteroatoms. The third kappa shape index (κ3) is 7.25. The lowest BCUT2D eigenvalue weighted by atomic mass is 9.87. The Morgan fingerprint density at radius 2 is 1.79 bits per heavy atom. The van der Waals surface area contributed by atoms with Gasteiger partial charge < -0.3 is 25.3 Å². The number of amides is 2. The molecule has 0 radical (unpaired) electrons. The number of piperidine rings is 1. The van der Waals surface area contributed by atoms with E-state index < -0.39 is 32.4 Å². The van der Waals surface area contributed by atoms with Crippen molar-refractivity contribution in [2.24, 2.45) is 5.73 Å². The number of sulfonamides is 1. The Bertz CT molecular complexity index is 1370. The average Bonchev–Trinajstić information content (AvgIpc) is 2.95. The molecule has 2 heterocycles. The highest BCUT2D eigenvalue weighted by Crippen LogP contribution is 2.37. The Kier molecular flexibility index (Phi) is 9.84. The van der Waals surface area contributed by atoms with E-state index in [-0.39, 0.29) is 32.0 Å². The summed E-state index contributed by atoms with van der Waals surface area (Å²) in [6, 6.07) is 14.2. The van der Waals surface area contributed by atoms with Crippen molar-refractivity contribution in [2.45, 2.75) is 69.6 Å². The van der Waals surface area contributed by atoms with Crippen LogP contribution in [0, 0.1) is 6.92 Å². The minimum Gasteiger partial charge on any atom is -0.492 e. The molecule has 0 aromatic heterocycles. The second-order valence-corrected chi connectivity index (χ2v) is 14.3. The second kappa shape index (κ2) is 13.0. The first-order valence-electron chi connectivity index (χ1n) is 14.5. The lowest BCUT2D eigenvalue weighted by molar-refractivity contribution is -0.123. The lowest BCUT2D eigenvalue weighted by Gasteiger charge is -2.40. The Balaban J connectivity index is 1.36. The predicted octanol–water partition coefficient (Wildman–Crippen LogP) is 4.11. The molecule has 2 aliphatic heterocycles. The molecule has 0 unspecified atom stereocenters. The fourth-order valence-electron chi connectivity index (χ4n) is 5.66. The van der Waals surface area contributed by atoms with Gasteiger partial charge in [-0.15, -0.1) is 0 Å². The molecule has 0 bridgehead atoms. The summed E-state index contributed by atoms with van der Waals surface area (Å²) in [7, 11) is -3.89. The molecule has 2 aliphatic rings. The quantitative estimate of drug-likeness (QED) is 0.413. The van der Waals surface area contributed by atoms with E-state index in [0.29, 0.717) is 44.8 Å². The van der Waals surface area contributed by atoms with E-state index in [9.17, 15) is 18.0 Å². The summed E-state index contributed by atoms with van der Waals surface area (Å²) >= 11 is 0. The average molecular weight is 602 g/mol. The van der Waals surface area contributed by atoms with E-state index in [4.69, 9.17) is 19.9 Å². The van der Waals surface area contributed by atoms with E-state index in [1.165, 1.54) is 9.87 Å². The number of ether oxygens (including phenoxy) is 3. The van der Waals surface area contributed by atoms with E-state index in [0.717, 1.165) is 16.7 Å². The maximum absolute atomic E-state index is 13.5.